The molecule has 94 valence electrons. The van der Waals surface area contributed by atoms with Crippen molar-refractivity contribution >= 4 is 17.4 Å². The van der Waals surface area contributed by atoms with Crippen molar-refractivity contribution < 1.29 is 4.74 Å². The first-order valence-electron chi connectivity index (χ1n) is 5.83. The fourth-order valence-corrected chi connectivity index (χ4v) is 2.66. The lowest BCUT2D eigenvalue weighted by atomic mass is 10.2. The third kappa shape index (κ3) is 2.99. The van der Waals surface area contributed by atoms with Crippen molar-refractivity contribution in [3.63, 3.8) is 0 Å². The van der Waals surface area contributed by atoms with Crippen LogP contribution in [-0.2, 0) is 0 Å². The lowest BCUT2D eigenvalue weighted by Crippen LogP contribution is -1.87. The Labute approximate surface area is 112 Å². The van der Waals surface area contributed by atoms with Crippen molar-refractivity contribution in [2.75, 3.05) is 19.5 Å². The third-order valence-corrected chi connectivity index (χ3v) is 3.74. The number of methoxy groups -OCH3 is 1. The summed E-state index contributed by atoms with van der Waals surface area (Å²) >= 11 is 1.76. The molecule has 0 aliphatic heterocycles. The van der Waals surface area contributed by atoms with Crippen molar-refractivity contribution in [1.29, 1.82) is 0 Å². The zero-order valence-corrected chi connectivity index (χ0v) is 11.7. The van der Waals surface area contributed by atoms with E-state index in [1.807, 2.05) is 13.1 Å². The number of benzene rings is 2. The standard InChI is InChI=1S/C15H17NOS/c1-11-10-14(8-9-15(11)17-3)18-13-6-4-12(16-2)5-7-13/h4-10,16H,1-3H3. The highest BCUT2D eigenvalue weighted by atomic mass is 32.2. The minimum atomic E-state index is 0.935. The fraction of sp³-hybridized carbons (Fsp3) is 0.200. The number of aryl methyl sites for hydroxylation is 1. The molecule has 0 amide bonds. The lowest BCUT2D eigenvalue weighted by molar-refractivity contribution is 0.411. The van der Waals surface area contributed by atoms with E-state index in [1.54, 1.807) is 18.9 Å². The van der Waals surface area contributed by atoms with Crippen LogP contribution in [0.4, 0.5) is 5.69 Å². The van der Waals surface area contributed by atoms with E-state index in [-0.39, 0.29) is 0 Å². The molecule has 0 aromatic heterocycles. The van der Waals surface area contributed by atoms with Crippen LogP contribution in [-0.4, -0.2) is 14.2 Å². The van der Waals surface area contributed by atoms with Crippen molar-refractivity contribution in [2.45, 2.75) is 16.7 Å². The molecule has 0 saturated heterocycles. The number of ether oxygens (including phenoxy) is 1. The summed E-state index contributed by atoms with van der Waals surface area (Å²) in [6.45, 7) is 2.06. The first-order valence-corrected chi connectivity index (χ1v) is 6.65. The Balaban J connectivity index is 2.15. The number of hydrogen-bond donors (Lipinski definition) is 1. The first-order chi connectivity index (χ1) is 8.72. The van der Waals surface area contributed by atoms with E-state index in [2.05, 4.69) is 48.6 Å². The SMILES string of the molecule is CNc1ccc(Sc2ccc(OC)c(C)c2)cc1. The highest BCUT2D eigenvalue weighted by molar-refractivity contribution is 7.99. The Morgan fingerprint density at radius 3 is 2.22 bits per heavy atom. The van der Waals surface area contributed by atoms with E-state index in [0.717, 1.165) is 17.0 Å². The molecule has 2 rings (SSSR count). The predicted molar refractivity (Wildman–Crippen MR) is 77.8 cm³/mol. The highest BCUT2D eigenvalue weighted by Gasteiger charge is 2.02. The Morgan fingerprint density at radius 1 is 1.00 bits per heavy atom. The van der Waals surface area contributed by atoms with Gasteiger partial charge in [-0.1, -0.05) is 11.8 Å². The molecule has 0 atom stereocenters. The first kappa shape index (κ1) is 12.8. The Hall–Kier alpha value is -1.61. The second-order valence-corrected chi connectivity index (χ2v) is 5.15. The summed E-state index contributed by atoms with van der Waals surface area (Å²) in [6, 6.07) is 14.7. The molecule has 0 aliphatic rings. The largest absolute Gasteiger partial charge is 0.496 e. The zero-order valence-electron chi connectivity index (χ0n) is 10.9. The van der Waals surface area contributed by atoms with Crippen molar-refractivity contribution in [3.05, 3.63) is 48.0 Å². The van der Waals surface area contributed by atoms with Gasteiger partial charge in [0, 0.05) is 22.5 Å². The molecule has 0 bridgehead atoms. The molecule has 0 aliphatic carbocycles. The molecule has 3 heteroatoms. The van der Waals surface area contributed by atoms with Crippen molar-refractivity contribution in [1.82, 2.24) is 0 Å². The van der Waals surface area contributed by atoms with Gasteiger partial charge in [-0.05, 0) is 55.0 Å². The van der Waals surface area contributed by atoms with Gasteiger partial charge in [0.25, 0.3) is 0 Å². The maximum Gasteiger partial charge on any atom is 0.121 e. The van der Waals surface area contributed by atoms with Crippen molar-refractivity contribution in [2.24, 2.45) is 0 Å². The second kappa shape index (κ2) is 5.83. The molecule has 18 heavy (non-hydrogen) atoms. The summed E-state index contributed by atoms with van der Waals surface area (Å²) in [5.41, 5.74) is 2.29. The molecule has 2 aromatic carbocycles. The topological polar surface area (TPSA) is 21.3 Å². The Bertz CT molecular complexity index is 523. The molecule has 0 spiro atoms. The maximum absolute atomic E-state index is 5.26. The van der Waals surface area contributed by atoms with Gasteiger partial charge >= 0.3 is 0 Å². The summed E-state index contributed by atoms with van der Waals surface area (Å²) in [5, 5.41) is 3.12. The second-order valence-electron chi connectivity index (χ2n) is 4.01. The molecule has 0 heterocycles. The van der Waals surface area contributed by atoms with Gasteiger partial charge in [-0.15, -0.1) is 0 Å². The van der Waals surface area contributed by atoms with Gasteiger partial charge in [0.05, 0.1) is 7.11 Å². The monoisotopic (exact) mass is 259 g/mol. The van der Waals surface area contributed by atoms with Crippen molar-refractivity contribution in [3.8, 4) is 5.75 Å². The highest BCUT2D eigenvalue weighted by Crippen LogP contribution is 2.31. The van der Waals surface area contributed by atoms with Crippen LogP contribution in [0.2, 0.25) is 0 Å². The van der Waals surface area contributed by atoms with Crippen LogP contribution in [0.15, 0.2) is 52.3 Å². The average molecular weight is 259 g/mol. The van der Waals surface area contributed by atoms with E-state index < -0.39 is 0 Å². The number of anilines is 1. The number of rotatable bonds is 4. The normalized spacial score (nSPS) is 10.2. The fourth-order valence-electron chi connectivity index (χ4n) is 1.74. The summed E-state index contributed by atoms with van der Waals surface area (Å²) in [7, 11) is 3.63. The maximum atomic E-state index is 5.26. The zero-order chi connectivity index (χ0) is 13.0. The molecule has 2 aromatic rings. The van der Waals surface area contributed by atoms with E-state index in [0.29, 0.717) is 0 Å². The van der Waals surface area contributed by atoms with Gasteiger partial charge in [-0.3, -0.25) is 0 Å². The molecular formula is C15H17NOS. The lowest BCUT2D eigenvalue weighted by Gasteiger charge is -2.07. The van der Waals surface area contributed by atoms with Gasteiger partial charge in [-0.2, -0.15) is 0 Å². The Morgan fingerprint density at radius 2 is 1.67 bits per heavy atom. The molecular weight excluding hydrogens is 242 g/mol. The molecule has 0 saturated carbocycles. The van der Waals surface area contributed by atoms with Gasteiger partial charge in [0.2, 0.25) is 0 Å². The van der Waals surface area contributed by atoms with E-state index in [4.69, 9.17) is 4.74 Å². The minimum absolute atomic E-state index is 0.935. The van der Waals surface area contributed by atoms with Crippen LogP contribution in [0.25, 0.3) is 0 Å². The molecule has 2 nitrogen and oxygen atoms in total. The van der Waals surface area contributed by atoms with Crippen LogP contribution >= 0.6 is 11.8 Å². The Kier molecular flexibility index (Phi) is 4.15. The van der Waals surface area contributed by atoms with Gasteiger partial charge < -0.3 is 10.1 Å². The van der Waals surface area contributed by atoms with Crippen LogP contribution in [0.3, 0.4) is 0 Å². The van der Waals surface area contributed by atoms with Gasteiger partial charge in [0.15, 0.2) is 0 Å². The molecule has 0 fully saturated rings. The van der Waals surface area contributed by atoms with E-state index in [1.165, 1.54) is 9.79 Å². The summed E-state index contributed by atoms with van der Waals surface area (Å²) < 4.78 is 5.26. The third-order valence-electron chi connectivity index (χ3n) is 2.75. The predicted octanol–water partition coefficient (Wildman–Crippen LogP) is 4.20. The van der Waals surface area contributed by atoms with Gasteiger partial charge in [0.1, 0.15) is 5.75 Å². The smallest absolute Gasteiger partial charge is 0.121 e. The molecule has 1 N–H and O–H groups in total. The van der Waals surface area contributed by atoms with E-state index in [9.17, 15) is 0 Å². The van der Waals surface area contributed by atoms with Gasteiger partial charge in [-0.25, -0.2) is 0 Å². The van der Waals surface area contributed by atoms with Crippen LogP contribution in [0.5, 0.6) is 5.75 Å². The summed E-state index contributed by atoms with van der Waals surface area (Å²) in [4.78, 5) is 2.46. The van der Waals surface area contributed by atoms with Crippen LogP contribution in [0, 0.1) is 6.92 Å². The van der Waals surface area contributed by atoms with Crippen LogP contribution < -0.4 is 10.1 Å². The average Bonchev–Trinajstić information content (AvgIpc) is 2.40. The molecule has 0 radical (unpaired) electrons. The molecule has 0 unspecified atom stereocenters. The summed E-state index contributed by atoms with van der Waals surface area (Å²) in [5.74, 6) is 0.935. The number of hydrogen-bond acceptors (Lipinski definition) is 3. The summed E-state index contributed by atoms with van der Waals surface area (Å²) in [6.07, 6.45) is 0. The van der Waals surface area contributed by atoms with Crippen LogP contribution in [0.1, 0.15) is 5.56 Å². The number of nitrogens with one attached hydrogen (secondary N) is 1. The quantitative estimate of drug-likeness (QED) is 0.889. The van der Waals surface area contributed by atoms with E-state index >= 15 is 0 Å². The minimum Gasteiger partial charge on any atom is -0.496 e.